The van der Waals surface area contributed by atoms with E-state index in [9.17, 15) is 5.11 Å². The van der Waals surface area contributed by atoms with Gasteiger partial charge in [-0.1, -0.05) is 30.3 Å². The standard InChI is InChI=1S/C16H13N3O/c20-15-8-4-2-6-13(15)11-17-19-16-10-9-12-5-1-3-7-14(12)18-16/h1-11,20H,(H,18,19). The first-order valence-corrected chi connectivity index (χ1v) is 6.26. The average Bonchev–Trinajstić information content (AvgIpc) is 2.49. The normalized spacial score (nSPS) is 11.0. The molecule has 2 aromatic carbocycles. The molecular weight excluding hydrogens is 250 g/mol. The fourth-order valence-corrected chi connectivity index (χ4v) is 1.89. The first-order chi connectivity index (χ1) is 9.83. The average molecular weight is 263 g/mol. The van der Waals surface area contributed by atoms with Crippen LogP contribution in [0.4, 0.5) is 5.82 Å². The van der Waals surface area contributed by atoms with Gasteiger partial charge in [0.25, 0.3) is 0 Å². The Morgan fingerprint density at radius 1 is 0.950 bits per heavy atom. The van der Waals surface area contributed by atoms with E-state index in [1.54, 1.807) is 24.4 Å². The Labute approximate surface area is 116 Å². The van der Waals surface area contributed by atoms with Crippen LogP contribution in [0.1, 0.15) is 5.56 Å². The Balaban J connectivity index is 1.78. The van der Waals surface area contributed by atoms with Crippen molar-refractivity contribution < 1.29 is 5.11 Å². The molecule has 0 atom stereocenters. The number of aromatic hydroxyl groups is 1. The van der Waals surface area contributed by atoms with Crippen molar-refractivity contribution >= 4 is 22.9 Å². The van der Waals surface area contributed by atoms with Crippen LogP contribution in [0.3, 0.4) is 0 Å². The number of fused-ring (bicyclic) bond motifs is 1. The molecule has 0 saturated carbocycles. The highest BCUT2D eigenvalue weighted by molar-refractivity contribution is 5.84. The number of benzene rings is 2. The molecule has 3 aromatic rings. The van der Waals surface area contributed by atoms with E-state index in [4.69, 9.17) is 0 Å². The molecule has 0 radical (unpaired) electrons. The lowest BCUT2D eigenvalue weighted by atomic mass is 10.2. The van der Waals surface area contributed by atoms with Gasteiger partial charge in [-0.05, 0) is 30.3 Å². The third-order valence-electron chi connectivity index (χ3n) is 2.92. The fourth-order valence-electron chi connectivity index (χ4n) is 1.89. The molecule has 2 N–H and O–H groups in total. The second-order valence-electron chi connectivity index (χ2n) is 4.32. The van der Waals surface area contributed by atoms with Gasteiger partial charge in [0.05, 0.1) is 11.7 Å². The minimum Gasteiger partial charge on any atom is -0.507 e. The van der Waals surface area contributed by atoms with Gasteiger partial charge in [-0.3, -0.25) is 5.43 Å². The fraction of sp³-hybridized carbons (Fsp3) is 0. The molecule has 0 aliphatic heterocycles. The maximum Gasteiger partial charge on any atom is 0.146 e. The van der Waals surface area contributed by atoms with E-state index in [2.05, 4.69) is 15.5 Å². The molecule has 0 amide bonds. The van der Waals surface area contributed by atoms with Crippen molar-refractivity contribution in [1.82, 2.24) is 4.98 Å². The van der Waals surface area contributed by atoms with E-state index in [0.717, 1.165) is 10.9 Å². The number of rotatable bonds is 3. The maximum atomic E-state index is 9.61. The van der Waals surface area contributed by atoms with Crippen LogP contribution >= 0.6 is 0 Å². The highest BCUT2D eigenvalue weighted by Crippen LogP contribution is 2.15. The third-order valence-corrected chi connectivity index (χ3v) is 2.92. The zero-order valence-corrected chi connectivity index (χ0v) is 10.7. The number of hydrogen-bond acceptors (Lipinski definition) is 4. The minimum absolute atomic E-state index is 0.199. The number of aromatic nitrogens is 1. The summed E-state index contributed by atoms with van der Waals surface area (Å²) in [5, 5.41) is 14.8. The van der Waals surface area contributed by atoms with Crippen molar-refractivity contribution in [3.63, 3.8) is 0 Å². The number of para-hydroxylation sites is 2. The number of hydrogen-bond donors (Lipinski definition) is 2. The Hall–Kier alpha value is -2.88. The Morgan fingerprint density at radius 2 is 1.75 bits per heavy atom. The molecule has 0 bridgehead atoms. The summed E-state index contributed by atoms with van der Waals surface area (Å²) in [5.41, 5.74) is 4.43. The zero-order valence-electron chi connectivity index (χ0n) is 10.7. The molecular formula is C16H13N3O. The molecule has 0 spiro atoms. The Bertz CT molecular complexity index is 768. The molecule has 0 saturated heterocycles. The summed E-state index contributed by atoms with van der Waals surface area (Å²) >= 11 is 0. The molecule has 20 heavy (non-hydrogen) atoms. The van der Waals surface area contributed by atoms with E-state index in [1.165, 1.54) is 0 Å². The van der Waals surface area contributed by atoms with Gasteiger partial charge < -0.3 is 5.11 Å². The number of anilines is 1. The molecule has 3 rings (SSSR count). The summed E-state index contributed by atoms with van der Waals surface area (Å²) in [4.78, 5) is 4.44. The second-order valence-corrected chi connectivity index (χ2v) is 4.32. The van der Waals surface area contributed by atoms with Crippen LogP contribution in [0.2, 0.25) is 0 Å². The first kappa shape index (κ1) is 12.2. The molecule has 0 unspecified atom stereocenters. The summed E-state index contributed by atoms with van der Waals surface area (Å²) in [7, 11) is 0. The van der Waals surface area contributed by atoms with E-state index in [-0.39, 0.29) is 5.75 Å². The predicted molar refractivity (Wildman–Crippen MR) is 81.1 cm³/mol. The van der Waals surface area contributed by atoms with Crippen LogP contribution in [0, 0.1) is 0 Å². The highest BCUT2D eigenvalue weighted by Gasteiger charge is 1.97. The lowest BCUT2D eigenvalue weighted by Crippen LogP contribution is -1.93. The molecule has 4 nitrogen and oxygen atoms in total. The van der Waals surface area contributed by atoms with E-state index in [1.807, 2.05) is 42.5 Å². The number of pyridine rings is 1. The van der Waals surface area contributed by atoms with Crippen LogP contribution in [-0.4, -0.2) is 16.3 Å². The van der Waals surface area contributed by atoms with Gasteiger partial charge >= 0.3 is 0 Å². The van der Waals surface area contributed by atoms with Gasteiger partial charge in [0.2, 0.25) is 0 Å². The van der Waals surface area contributed by atoms with Gasteiger partial charge in [-0.25, -0.2) is 4.98 Å². The number of hydrazone groups is 1. The molecule has 0 aliphatic rings. The van der Waals surface area contributed by atoms with Crippen molar-refractivity contribution in [2.24, 2.45) is 5.10 Å². The lowest BCUT2D eigenvalue weighted by molar-refractivity contribution is 0.474. The quantitative estimate of drug-likeness (QED) is 0.562. The monoisotopic (exact) mass is 263 g/mol. The summed E-state index contributed by atoms with van der Waals surface area (Å²) in [6, 6.07) is 18.8. The summed E-state index contributed by atoms with van der Waals surface area (Å²) in [5.74, 6) is 0.861. The van der Waals surface area contributed by atoms with Gasteiger partial charge in [0, 0.05) is 10.9 Å². The Morgan fingerprint density at radius 3 is 2.65 bits per heavy atom. The van der Waals surface area contributed by atoms with E-state index in [0.29, 0.717) is 11.4 Å². The highest BCUT2D eigenvalue weighted by atomic mass is 16.3. The van der Waals surface area contributed by atoms with Gasteiger partial charge in [0.15, 0.2) is 0 Å². The summed E-state index contributed by atoms with van der Waals surface area (Å²) in [6.07, 6.45) is 1.56. The summed E-state index contributed by atoms with van der Waals surface area (Å²) in [6.45, 7) is 0. The van der Waals surface area contributed by atoms with Crippen LogP contribution in [-0.2, 0) is 0 Å². The van der Waals surface area contributed by atoms with Gasteiger partial charge in [0.1, 0.15) is 11.6 Å². The number of phenolic OH excluding ortho intramolecular Hbond substituents is 1. The number of nitrogens with zero attached hydrogens (tertiary/aromatic N) is 2. The SMILES string of the molecule is Oc1ccccc1C=NNc1ccc2ccccc2n1. The van der Waals surface area contributed by atoms with Gasteiger partial charge in [-0.15, -0.1) is 0 Å². The molecule has 1 heterocycles. The van der Waals surface area contributed by atoms with E-state index < -0.39 is 0 Å². The molecule has 98 valence electrons. The van der Waals surface area contributed by atoms with Crippen molar-refractivity contribution in [2.75, 3.05) is 5.43 Å². The molecule has 0 fully saturated rings. The maximum absolute atomic E-state index is 9.61. The smallest absolute Gasteiger partial charge is 0.146 e. The number of nitrogens with one attached hydrogen (secondary N) is 1. The van der Waals surface area contributed by atoms with E-state index >= 15 is 0 Å². The minimum atomic E-state index is 0.199. The largest absolute Gasteiger partial charge is 0.507 e. The topological polar surface area (TPSA) is 57.5 Å². The van der Waals surface area contributed by atoms with Gasteiger partial charge in [-0.2, -0.15) is 5.10 Å². The van der Waals surface area contributed by atoms with Crippen molar-refractivity contribution in [2.45, 2.75) is 0 Å². The molecule has 4 heteroatoms. The lowest BCUT2D eigenvalue weighted by Gasteiger charge is -2.02. The first-order valence-electron chi connectivity index (χ1n) is 6.26. The zero-order chi connectivity index (χ0) is 13.8. The molecule has 1 aromatic heterocycles. The summed E-state index contributed by atoms with van der Waals surface area (Å²) < 4.78 is 0. The third kappa shape index (κ3) is 2.59. The van der Waals surface area contributed by atoms with Crippen LogP contribution in [0.25, 0.3) is 10.9 Å². The van der Waals surface area contributed by atoms with Crippen LogP contribution in [0.15, 0.2) is 65.8 Å². The van der Waals surface area contributed by atoms with Crippen molar-refractivity contribution in [1.29, 1.82) is 0 Å². The van der Waals surface area contributed by atoms with Crippen LogP contribution < -0.4 is 5.43 Å². The van der Waals surface area contributed by atoms with Crippen LogP contribution in [0.5, 0.6) is 5.75 Å². The predicted octanol–water partition coefficient (Wildman–Crippen LogP) is 3.39. The van der Waals surface area contributed by atoms with Crippen molar-refractivity contribution in [3.8, 4) is 5.75 Å². The second kappa shape index (κ2) is 5.40. The molecule has 0 aliphatic carbocycles. The van der Waals surface area contributed by atoms with Crippen molar-refractivity contribution in [3.05, 3.63) is 66.2 Å². The number of phenols is 1. The Kier molecular flexibility index (Phi) is 3.29.